The van der Waals surface area contributed by atoms with E-state index in [2.05, 4.69) is 50.0 Å². The Balaban J connectivity index is 2.31. The van der Waals surface area contributed by atoms with Gasteiger partial charge >= 0.3 is 118 Å². The third-order valence-corrected chi connectivity index (χ3v) is 14.5. The molecule has 2 rings (SSSR count). The van der Waals surface area contributed by atoms with E-state index in [0.29, 0.717) is 30.6 Å². The van der Waals surface area contributed by atoms with Gasteiger partial charge in [-0.15, -0.1) is 0 Å². The van der Waals surface area contributed by atoms with E-state index in [-0.39, 0.29) is 0 Å². The zero-order chi connectivity index (χ0) is 13.4. The van der Waals surface area contributed by atoms with Crippen LogP contribution in [0.1, 0.15) is 19.8 Å². The molecule has 98 valence electrons. The summed E-state index contributed by atoms with van der Waals surface area (Å²) in [5.41, 5.74) is 0. The summed E-state index contributed by atoms with van der Waals surface area (Å²) in [6, 6.07) is 10.8. The Bertz CT molecular complexity index is 438. The van der Waals surface area contributed by atoms with Crippen molar-refractivity contribution in [1.82, 2.24) is 0 Å². The molecule has 1 saturated carbocycles. The first-order chi connectivity index (χ1) is 8.37. The van der Waals surface area contributed by atoms with Crippen LogP contribution in [0.25, 0.3) is 0 Å². The Kier molecular flexibility index (Phi) is 3.87. The van der Waals surface area contributed by atoms with Gasteiger partial charge in [-0.05, 0) is 0 Å². The topological polar surface area (TPSA) is 17.1 Å². The molecular formula is C15H22OSeSi. The number of ketones is 1. The Morgan fingerprint density at radius 1 is 1.28 bits per heavy atom. The average Bonchev–Trinajstić information content (AvgIpc) is 2.23. The first-order valence-electron chi connectivity index (χ1n) is 6.61. The van der Waals surface area contributed by atoms with Crippen molar-refractivity contribution in [3.8, 4) is 0 Å². The van der Waals surface area contributed by atoms with Crippen molar-refractivity contribution < 1.29 is 4.79 Å². The normalized spacial score (nSPS) is 27.7. The van der Waals surface area contributed by atoms with E-state index in [0.717, 1.165) is 6.42 Å². The van der Waals surface area contributed by atoms with Gasteiger partial charge in [-0.1, -0.05) is 0 Å². The molecular weight excluding hydrogens is 303 g/mol. The van der Waals surface area contributed by atoms with Gasteiger partial charge < -0.3 is 0 Å². The van der Waals surface area contributed by atoms with Gasteiger partial charge in [-0.25, -0.2) is 0 Å². The zero-order valence-electron chi connectivity index (χ0n) is 11.7. The molecule has 1 aliphatic rings. The molecule has 0 bridgehead atoms. The number of hydrogen-bond acceptors (Lipinski definition) is 1. The number of Topliss-reactive ketones (excluding diaryl/α,β-unsaturated/α-hetero) is 1. The van der Waals surface area contributed by atoms with Gasteiger partial charge in [-0.2, -0.15) is 0 Å². The van der Waals surface area contributed by atoms with Crippen molar-refractivity contribution in [1.29, 1.82) is 0 Å². The van der Waals surface area contributed by atoms with Gasteiger partial charge in [-0.3, -0.25) is 0 Å². The molecule has 18 heavy (non-hydrogen) atoms. The maximum absolute atomic E-state index is 11.9. The molecule has 0 radical (unpaired) electrons. The SMILES string of the molecule is CC(=O)C1CCC1([Se]c1ccccc1)[Si](C)(C)C. The minimum atomic E-state index is -1.33. The summed E-state index contributed by atoms with van der Waals surface area (Å²) in [4.78, 5) is 11.9. The van der Waals surface area contributed by atoms with Crippen molar-refractivity contribution in [3.05, 3.63) is 30.3 Å². The summed E-state index contributed by atoms with van der Waals surface area (Å²) in [5.74, 6) is 0.755. The van der Waals surface area contributed by atoms with E-state index in [1.54, 1.807) is 6.92 Å². The van der Waals surface area contributed by atoms with Crippen LogP contribution in [-0.4, -0.2) is 28.8 Å². The molecule has 2 unspecified atom stereocenters. The second-order valence-corrected chi connectivity index (χ2v) is 15.4. The standard InChI is InChI=1S/C15H22OSeSi/c1-12(16)14-10-11-15(14,18(2,3)4)17-13-8-6-5-7-9-13/h5-9,14H,10-11H2,1-4H3. The molecule has 2 atom stereocenters. The Labute approximate surface area is 118 Å². The van der Waals surface area contributed by atoms with Gasteiger partial charge in [0.1, 0.15) is 0 Å². The molecule has 0 amide bonds. The van der Waals surface area contributed by atoms with Crippen LogP contribution in [0.5, 0.6) is 0 Å². The fourth-order valence-electron chi connectivity index (χ4n) is 2.95. The Hall–Kier alpha value is -0.374. The van der Waals surface area contributed by atoms with E-state index >= 15 is 0 Å². The monoisotopic (exact) mass is 326 g/mol. The first-order valence-corrected chi connectivity index (χ1v) is 11.8. The molecule has 1 fully saturated rings. The molecule has 3 heteroatoms. The van der Waals surface area contributed by atoms with Crippen LogP contribution < -0.4 is 4.46 Å². The van der Waals surface area contributed by atoms with Gasteiger partial charge in [0, 0.05) is 0 Å². The third kappa shape index (κ3) is 2.36. The maximum atomic E-state index is 11.9. The molecule has 0 spiro atoms. The van der Waals surface area contributed by atoms with Crippen LogP contribution in [0.4, 0.5) is 0 Å². The number of carbonyl (C=O) groups excluding carboxylic acids is 1. The van der Waals surface area contributed by atoms with E-state index in [9.17, 15) is 4.79 Å². The molecule has 1 aliphatic carbocycles. The molecule has 1 aromatic carbocycles. The van der Waals surface area contributed by atoms with Crippen molar-refractivity contribution in [2.45, 2.75) is 43.3 Å². The van der Waals surface area contributed by atoms with E-state index in [4.69, 9.17) is 0 Å². The molecule has 0 N–H and O–H groups in total. The number of hydrogen-bond donors (Lipinski definition) is 0. The predicted octanol–water partition coefficient (Wildman–Crippen LogP) is 3.05. The van der Waals surface area contributed by atoms with Crippen LogP contribution in [0.3, 0.4) is 0 Å². The van der Waals surface area contributed by atoms with Gasteiger partial charge in [0.25, 0.3) is 0 Å². The molecule has 0 saturated heterocycles. The quantitative estimate of drug-likeness (QED) is 0.778. The molecule has 1 aromatic rings. The summed E-state index contributed by atoms with van der Waals surface area (Å²) < 4.78 is 1.81. The molecule has 0 aliphatic heterocycles. The van der Waals surface area contributed by atoms with E-state index in [1.165, 1.54) is 10.9 Å². The summed E-state index contributed by atoms with van der Waals surface area (Å²) in [7, 11) is -1.33. The number of carbonyl (C=O) groups is 1. The number of rotatable bonds is 4. The van der Waals surface area contributed by atoms with Crippen molar-refractivity contribution in [3.63, 3.8) is 0 Å². The average molecular weight is 325 g/mol. The number of benzene rings is 1. The zero-order valence-corrected chi connectivity index (χ0v) is 14.4. The summed E-state index contributed by atoms with van der Waals surface area (Å²) in [5, 5.41) is 0. The predicted molar refractivity (Wildman–Crippen MR) is 81.3 cm³/mol. The second-order valence-electron chi connectivity index (χ2n) is 6.26. The summed E-state index contributed by atoms with van der Waals surface area (Å²) in [6.45, 7) is 9.10. The molecule has 0 aromatic heterocycles. The van der Waals surface area contributed by atoms with Gasteiger partial charge in [0.05, 0.1) is 0 Å². The Morgan fingerprint density at radius 2 is 1.89 bits per heavy atom. The van der Waals surface area contributed by atoms with E-state index < -0.39 is 8.07 Å². The fourth-order valence-corrected chi connectivity index (χ4v) is 10.9. The van der Waals surface area contributed by atoms with Crippen LogP contribution in [0, 0.1) is 5.92 Å². The minimum absolute atomic E-state index is 0.337. The van der Waals surface area contributed by atoms with Crippen LogP contribution in [-0.2, 0) is 4.79 Å². The fraction of sp³-hybridized carbons (Fsp3) is 0.533. The summed E-state index contributed by atoms with van der Waals surface area (Å²) in [6.07, 6.45) is 2.38. The van der Waals surface area contributed by atoms with Crippen molar-refractivity contribution in [2.75, 3.05) is 0 Å². The molecule has 1 nitrogen and oxygen atoms in total. The van der Waals surface area contributed by atoms with E-state index in [1.807, 2.05) is 0 Å². The summed E-state index contributed by atoms with van der Waals surface area (Å²) >= 11 is 0.438. The third-order valence-electron chi connectivity index (χ3n) is 4.17. The van der Waals surface area contributed by atoms with Gasteiger partial charge in [0.15, 0.2) is 0 Å². The Morgan fingerprint density at radius 3 is 2.28 bits per heavy atom. The van der Waals surface area contributed by atoms with Gasteiger partial charge in [0.2, 0.25) is 0 Å². The first kappa shape index (κ1) is 14.0. The van der Waals surface area contributed by atoms with Crippen LogP contribution in [0.15, 0.2) is 30.3 Å². The van der Waals surface area contributed by atoms with Crippen LogP contribution in [0.2, 0.25) is 23.6 Å². The van der Waals surface area contributed by atoms with Crippen molar-refractivity contribution in [2.24, 2.45) is 5.92 Å². The second kappa shape index (κ2) is 4.95. The van der Waals surface area contributed by atoms with Crippen molar-refractivity contribution >= 4 is 33.3 Å². The molecule has 0 heterocycles. The van der Waals surface area contributed by atoms with Crippen LogP contribution >= 0.6 is 0 Å².